The molecule has 2 saturated heterocycles. The lowest BCUT2D eigenvalue weighted by molar-refractivity contribution is -0.307. The van der Waals surface area contributed by atoms with E-state index in [1.807, 2.05) is 164 Å². The maximum atomic E-state index is 19.2. The van der Waals surface area contributed by atoms with Crippen molar-refractivity contribution in [2.75, 3.05) is 13.2 Å². The number of hydrogen-bond acceptors (Lipinski definition) is 9. The highest BCUT2D eigenvalue weighted by atomic mass is 28.4. The molecular weight excluding hydrogens is 1070 g/mol. The zero-order chi connectivity index (χ0) is 57.6. The first-order valence-corrected chi connectivity index (χ1v) is 32.5. The molecule has 0 N–H and O–H groups in total. The van der Waals surface area contributed by atoms with Crippen LogP contribution in [-0.4, -0.2) is 90.4 Å². The summed E-state index contributed by atoms with van der Waals surface area (Å²) in [4.78, 5) is 0. The number of alkyl halides is 2. The van der Waals surface area contributed by atoms with Gasteiger partial charge >= 0.3 is 5.92 Å². The molecule has 82 heavy (non-hydrogen) atoms. The maximum absolute atomic E-state index is 19.2. The minimum atomic E-state index is -3.91. The largest absolute Gasteiger partial charge is 0.483 e. The van der Waals surface area contributed by atoms with Gasteiger partial charge in [0, 0.05) is 0 Å². The Bertz CT molecular complexity index is 3050. The zero-order valence-corrected chi connectivity index (χ0v) is 50.4. The van der Waals surface area contributed by atoms with Gasteiger partial charge in [0.2, 0.25) is 0 Å². The van der Waals surface area contributed by atoms with Crippen molar-refractivity contribution in [3.63, 3.8) is 0 Å². The predicted molar refractivity (Wildman–Crippen MR) is 323 cm³/mol. The molecule has 8 atom stereocenters. The second kappa shape index (κ2) is 25.1. The molecule has 7 aromatic rings. The Balaban J connectivity index is 1.09. The van der Waals surface area contributed by atoms with Gasteiger partial charge in [0.1, 0.15) is 42.7 Å². The number of halogens is 2. The van der Waals surface area contributed by atoms with E-state index in [0.29, 0.717) is 0 Å². The highest BCUT2D eigenvalue weighted by Crippen LogP contribution is 2.47. The van der Waals surface area contributed by atoms with Crippen molar-refractivity contribution in [2.45, 2.75) is 146 Å². The fourth-order valence-electron chi connectivity index (χ4n) is 12.3. The second-order valence-corrected chi connectivity index (χ2v) is 32.8. The summed E-state index contributed by atoms with van der Waals surface area (Å²) in [5.74, 6) is -5.69. The lowest BCUT2D eigenvalue weighted by Gasteiger charge is -2.50. The third kappa shape index (κ3) is 12.6. The predicted octanol–water partition coefficient (Wildman–Crippen LogP) is 12.1. The van der Waals surface area contributed by atoms with Gasteiger partial charge in [0.05, 0.1) is 33.0 Å². The van der Waals surface area contributed by atoms with E-state index in [9.17, 15) is 0 Å². The first-order valence-electron chi connectivity index (χ1n) is 28.6. The van der Waals surface area contributed by atoms with Crippen molar-refractivity contribution in [3.05, 3.63) is 241 Å². The molecule has 0 bridgehead atoms. The van der Waals surface area contributed by atoms with Crippen LogP contribution in [0.1, 0.15) is 72.1 Å². The first-order chi connectivity index (χ1) is 39.4. The number of fused-ring (bicyclic) bond motifs is 1. The van der Waals surface area contributed by atoms with Crippen molar-refractivity contribution >= 4 is 37.4 Å². The maximum Gasteiger partial charge on any atom is 0.332 e. The zero-order valence-electron chi connectivity index (χ0n) is 48.4. The average molecular weight is 1150 g/mol. The summed E-state index contributed by atoms with van der Waals surface area (Å²) in [7, 11) is -6.54. The van der Waals surface area contributed by atoms with Crippen LogP contribution in [-0.2, 0) is 61.8 Å². The van der Waals surface area contributed by atoms with E-state index >= 15 is 8.78 Å². The summed E-state index contributed by atoms with van der Waals surface area (Å²) < 4.78 is 102. The molecule has 0 spiro atoms. The molecule has 0 amide bonds. The number of benzene rings is 7. The molecule has 10 rings (SSSR count). The van der Waals surface area contributed by atoms with Crippen LogP contribution in [0.2, 0.25) is 10.1 Å². The molecule has 0 radical (unpaired) electrons. The van der Waals surface area contributed by atoms with E-state index in [4.69, 9.17) is 42.0 Å². The monoisotopic (exact) mass is 1140 g/mol. The van der Waals surface area contributed by atoms with Gasteiger partial charge in [-0.3, -0.25) is 0 Å². The van der Waals surface area contributed by atoms with Crippen LogP contribution in [0.25, 0.3) is 0 Å². The fraction of sp³-hybridized carbons (Fsp3) is 0.362. The molecule has 9 nitrogen and oxygen atoms in total. The van der Waals surface area contributed by atoms with Crippen LogP contribution in [0, 0.1) is 0 Å². The lowest BCUT2D eigenvalue weighted by atomic mass is 9.89. The third-order valence-corrected chi connectivity index (χ3v) is 26.1. The Morgan fingerprint density at radius 2 is 0.780 bits per heavy atom. The summed E-state index contributed by atoms with van der Waals surface area (Å²) in [5.41, 5.74) is 2.50. The van der Waals surface area contributed by atoms with Gasteiger partial charge in [-0.15, -0.1) is 0 Å². The van der Waals surface area contributed by atoms with Gasteiger partial charge < -0.3 is 42.0 Å². The van der Waals surface area contributed by atoms with E-state index < -0.39 is 93.0 Å². The van der Waals surface area contributed by atoms with Crippen LogP contribution in [0.5, 0.6) is 0 Å². The molecule has 0 aliphatic carbocycles. The summed E-state index contributed by atoms with van der Waals surface area (Å²) in [6, 6.07) is 69.9. The fourth-order valence-corrected chi connectivity index (χ4v) is 21.4. The van der Waals surface area contributed by atoms with Gasteiger partial charge in [-0.2, -0.15) is 8.78 Å². The molecule has 3 aliphatic heterocycles. The van der Waals surface area contributed by atoms with Crippen molar-refractivity contribution in [3.8, 4) is 0 Å². The van der Waals surface area contributed by atoms with Crippen molar-refractivity contribution < 1.29 is 50.8 Å². The van der Waals surface area contributed by atoms with E-state index in [0.717, 1.165) is 37.4 Å². The number of hydrogen-bond donors (Lipinski definition) is 0. The van der Waals surface area contributed by atoms with Crippen molar-refractivity contribution in [1.82, 2.24) is 0 Å². The standard InChI is InChI=1S/C69H78F2O9Si2/c1-66(2,3)81(53-36-22-12-23-37-53,54-38-24-13-25-39-54)75-48-58-61-57(79-68(7,8)80-61)44-60(77-58)69(70,71)65-64(74-47-52-34-20-11-21-35-52)63(73-46-51-32-18-10-19-33-51)62(72-45-50-30-16-9-17-31-50)59(78-65)49-76-82(67(4,5)6,55-40-26-14-27-41-55)56-42-28-15-29-43-56/h9-44,57-59,61-65H,45-49H2,1-8H3/t57-,58-,59-,61-,62-,63+,64+,65+/m1/s1. The van der Waals surface area contributed by atoms with Crippen LogP contribution in [0.3, 0.4) is 0 Å². The molecule has 2 fully saturated rings. The van der Waals surface area contributed by atoms with Gasteiger partial charge in [0.15, 0.2) is 17.7 Å². The average Bonchev–Trinajstić information content (AvgIpc) is 3.78. The normalized spacial score (nSPS) is 23.1. The molecule has 0 aromatic heterocycles. The Kier molecular flexibility index (Phi) is 18.1. The molecule has 3 aliphatic rings. The third-order valence-electron chi connectivity index (χ3n) is 16.1. The topological polar surface area (TPSA) is 83.1 Å². The van der Waals surface area contributed by atoms with Crippen LogP contribution >= 0.6 is 0 Å². The van der Waals surface area contributed by atoms with Crippen molar-refractivity contribution in [1.29, 1.82) is 0 Å². The summed E-state index contributed by atoms with van der Waals surface area (Å²) in [6.07, 6.45) is -8.19. The highest BCUT2D eigenvalue weighted by molar-refractivity contribution is 7.00. The van der Waals surface area contributed by atoms with E-state index in [2.05, 4.69) is 90.1 Å². The molecular formula is C69H78F2O9Si2. The highest BCUT2D eigenvalue weighted by Gasteiger charge is 2.63. The Labute approximate surface area is 485 Å². The molecule has 0 unspecified atom stereocenters. The van der Waals surface area contributed by atoms with E-state index in [1.165, 1.54) is 6.08 Å². The Morgan fingerprint density at radius 1 is 0.439 bits per heavy atom. The van der Waals surface area contributed by atoms with Gasteiger partial charge in [-0.05, 0) is 67.4 Å². The quantitative estimate of drug-likeness (QED) is 0.0654. The second-order valence-electron chi connectivity index (χ2n) is 24.2. The molecule has 13 heteroatoms. The Hall–Kier alpha value is -5.95. The summed E-state index contributed by atoms with van der Waals surface area (Å²) >= 11 is 0. The number of rotatable bonds is 21. The van der Waals surface area contributed by atoms with Crippen LogP contribution < -0.4 is 20.7 Å². The van der Waals surface area contributed by atoms with Gasteiger partial charge in [-0.25, -0.2) is 0 Å². The van der Waals surface area contributed by atoms with Crippen LogP contribution in [0.15, 0.2) is 224 Å². The van der Waals surface area contributed by atoms with Gasteiger partial charge in [-0.1, -0.05) is 254 Å². The minimum absolute atomic E-state index is 0.0357. The minimum Gasteiger partial charge on any atom is -0.483 e. The first kappa shape index (κ1) is 59.2. The van der Waals surface area contributed by atoms with Crippen molar-refractivity contribution in [2.24, 2.45) is 0 Å². The number of ether oxygens (including phenoxy) is 7. The van der Waals surface area contributed by atoms with Crippen LogP contribution in [0.4, 0.5) is 8.78 Å². The molecule has 430 valence electrons. The van der Waals surface area contributed by atoms with Gasteiger partial charge in [0.25, 0.3) is 16.6 Å². The van der Waals surface area contributed by atoms with E-state index in [1.54, 1.807) is 13.8 Å². The SMILES string of the molecule is CC1(C)O[C@@H]2[C@@H](C=C(C(F)(F)[C@H]3O[C@H](CO[Si](c4ccccc4)(c4ccccc4)C(C)(C)C)[C@@H](OCc4ccccc4)[C@H](OCc4ccccc4)[C@@H]3OCc3ccccc3)O[C@@H]2CO[Si](c2ccccc2)(c2ccccc2)C(C)(C)C)O1. The molecule has 3 heterocycles. The molecule has 0 saturated carbocycles. The smallest absolute Gasteiger partial charge is 0.332 e. The Morgan fingerprint density at radius 3 is 1.16 bits per heavy atom. The lowest BCUT2D eigenvalue weighted by Crippen LogP contribution is -2.69. The summed E-state index contributed by atoms with van der Waals surface area (Å²) in [5, 5.41) is 3.25. The van der Waals surface area contributed by atoms with E-state index in [-0.39, 0.29) is 33.0 Å². The molecule has 7 aromatic carbocycles. The summed E-state index contributed by atoms with van der Waals surface area (Å²) in [6.45, 7) is 16.6.